The number of rotatable bonds is 4. The van der Waals surface area contributed by atoms with Crippen molar-refractivity contribution in [2.45, 2.75) is 30.7 Å². The summed E-state index contributed by atoms with van der Waals surface area (Å²) in [6.45, 7) is 1.85. The molecule has 5 rings (SSSR count). The summed E-state index contributed by atoms with van der Waals surface area (Å²) in [6.07, 6.45) is 5.36. The summed E-state index contributed by atoms with van der Waals surface area (Å²) >= 11 is 0. The maximum Gasteiger partial charge on any atom is 0.290 e. The van der Waals surface area contributed by atoms with Crippen molar-refractivity contribution in [2.75, 3.05) is 31.5 Å². The number of nitrogens with one attached hydrogen (secondary N) is 1. The Morgan fingerprint density at radius 1 is 1.17 bits per heavy atom. The van der Waals surface area contributed by atoms with Crippen molar-refractivity contribution >= 4 is 29.9 Å². The predicted molar refractivity (Wildman–Crippen MR) is 127 cm³/mol. The molecule has 35 heavy (non-hydrogen) atoms. The van der Waals surface area contributed by atoms with Crippen molar-refractivity contribution in [3.63, 3.8) is 0 Å². The molecule has 0 saturated carbocycles. The van der Waals surface area contributed by atoms with E-state index in [9.17, 15) is 14.4 Å². The second-order valence-electron chi connectivity index (χ2n) is 9.06. The summed E-state index contributed by atoms with van der Waals surface area (Å²) in [5.41, 5.74) is 7.23. The number of aromatic nitrogens is 1. The van der Waals surface area contributed by atoms with Gasteiger partial charge in [0.05, 0.1) is 12.6 Å². The van der Waals surface area contributed by atoms with Crippen molar-refractivity contribution in [3.8, 4) is 0 Å². The minimum atomic E-state index is -0.825. The molecule has 0 radical (unpaired) electrons. The molecule has 1 spiro atoms. The van der Waals surface area contributed by atoms with Crippen LogP contribution in [0.15, 0.2) is 48.8 Å². The van der Waals surface area contributed by atoms with E-state index in [1.54, 1.807) is 12.4 Å². The van der Waals surface area contributed by atoms with Gasteiger partial charge in [-0.2, -0.15) is 0 Å². The quantitative estimate of drug-likeness (QED) is 0.558. The van der Waals surface area contributed by atoms with Gasteiger partial charge in [0, 0.05) is 30.5 Å². The Hall–Kier alpha value is -3.79. The zero-order valence-corrected chi connectivity index (χ0v) is 19.3. The van der Waals surface area contributed by atoms with Crippen molar-refractivity contribution < 1.29 is 24.3 Å². The van der Waals surface area contributed by atoms with Crippen LogP contribution in [-0.4, -0.2) is 70.3 Å². The minimum Gasteiger partial charge on any atom is -0.483 e. The van der Waals surface area contributed by atoms with Crippen LogP contribution in [-0.2, 0) is 24.6 Å². The van der Waals surface area contributed by atoms with Gasteiger partial charge >= 0.3 is 0 Å². The van der Waals surface area contributed by atoms with Crippen LogP contribution in [0.3, 0.4) is 0 Å². The summed E-state index contributed by atoms with van der Waals surface area (Å²) in [5, 5.41) is 9.92. The highest BCUT2D eigenvalue weighted by atomic mass is 16.3. The molecule has 2 unspecified atom stereocenters. The third-order valence-corrected chi connectivity index (χ3v) is 7.26. The molecule has 3 aliphatic rings. The number of hydrogen-bond donors (Lipinski definition) is 3. The summed E-state index contributed by atoms with van der Waals surface area (Å²) in [6, 6.07) is 11.1. The van der Waals surface area contributed by atoms with Crippen LogP contribution in [0.1, 0.15) is 36.4 Å². The van der Waals surface area contributed by atoms with Crippen LogP contribution in [0.2, 0.25) is 0 Å². The van der Waals surface area contributed by atoms with Gasteiger partial charge in [-0.3, -0.25) is 29.1 Å². The van der Waals surface area contributed by atoms with E-state index in [1.165, 1.54) is 0 Å². The number of hydrogen-bond acceptors (Lipinski definition) is 6. The summed E-state index contributed by atoms with van der Waals surface area (Å²) in [5.74, 6) is -0.450. The molecule has 10 nitrogen and oxygen atoms in total. The van der Waals surface area contributed by atoms with Crippen LogP contribution in [0.4, 0.5) is 5.69 Å². The van der Waals surface area contributed by atoms with Crippen molar-refractivity contribution in [2.24, 2.45) is 11.7 Å². The average Bonchev–Trinajstić information content (AvgIpc) is 3.40. The Bertz CT molecular complexity index is 1100. The van der Waals surface area contributed by atoms with Gasteiger partial charge in [0.15, 0.2) is 0 Å². The molecule has 0 bridgehead atoms. The lowest BCUT2D eigenvalue weighted by Crippen LogP contribution is -2.47. The number of piperidine rings is 1. The normalized spacial score (nSPS) is 23.8. The minimum absolute atomic E-state index is 0.00886. The topological polar surface area (TPSA) is 146 Å². The third kappa shape index (κ3) is 4.49. The van der Waals surface area contributed by atoms with E-state index in [1.807, 2.05) is 41.3 Å². The lowest BCUT2D eigenvalue weighted by molar-refractivity contribution is -0.135. The molecule has 2 aromatic rings. The molecule has 2 fully saturated rings. The number of pyridine rings is 1. The largest absolute Gasteiger partial charge is 0.483 e. The van der Waals surface area contributed by atoms with Gasteiger partial charge < -0.3 is 21.1 Å². The number of nitrogens with zero attached hydrogens (tertiary/aromatic N) is 3. The van der Waals surface area contributed by atoms with Crippen LogP contribution in [0.25, 0.3) is 0 Å². The van der Waals surface area contributed by atoms with Crippen LogP contribution < -0.4 is 11.1 Å². The van der Waals surface area contributed by atoms with E-state index < -0.39 is 11.5 Å². The number of likely N-dealkylation sites (tertiary alicyclic amines) is 2. The predicted octanol–water partition coefficient (Wildman–Crippen LogP) is 1.14. The molecule has 10 heteroatoms. The maximum absolute atomic E-state index is 13.5. The SMILES string of the molecule is NC(=O)C1CCN(CC(=O)N2CCC3(C(=O)Nc4ccccc43)C2c2cccnc2)CC1.O=CO. The third-order valence-electron chi connectivity index (χ3n) is 7.26. The summed E-state index contributed by atoms with van der Waals surface area (Å²) in [7, 11) is 0. The summed E-state index contributed by atoms with van der Waals surface area (Å²) in [4.78, 5) is 54.9. The Morgan fingerprint density at radius 3 is 2.54 bits per heavy atom. The molecular weight excluding hydrogens is 450 g/mol. The first-order valence-electron chi connectivity index (χ1n) is 11.6. The Kier molecular flexibility index (Phi) is 7.11. The van der Waals surface area contributed by atoms with Gasteiger partial charge in [-0.15, -0.1) is 0 Å². The summed E-state index contributed by atoms with van der Waals surface area (Å²) < 4.78 is 0. The molecule has 2 saturated heterocycles. The number of carbonyl (C=O) groups excluding carboxylic acids is 3. The first-order valence-corrected chi connectivity index (χ1v) is 11.6. The molecule has 1 aromatic heterocycles. The Morgan fingerprint density at radius 2 is 1.89 bits per heavy atom. The van der Waals surface area contributed by atoms with Crippen molar-refractivity contribution in [1.82, 2.24) is 14.8 Å². The highest BCUT2D eigenvalue weighted by molar-refractivity contribution is 6.07. The molecule has 184 valence electrons. The number of carboxylic acid groups (broad SMARTS) is 1. The Balaban J connectivity index is 0.000000917. The average molecular weight is 480 g/mol. The standard InChI is InChI=1S/C24H27N5O3.CH2O2/c25-22(31)16-7-11-28(12-8-16)15-20(30)29-13-9-24(21(29)17-4-3-10-26-14-17)18-5-1-2-6-19(18)27-23(24)32;2-1-3/h1-6,10,14,16,21H,7-9,11-13,15H2,(H2,25,31)(H,27,32);1H,(H,2,3). The lowest BCUT2D eigenvalue weighted by atomic mass is 9.73. The highest BCUT2D eigenvalue weighted by Crippen LogP contribution is 2.54. The number of benzene rings is 1. The van der Waals surface area contributed by atoms with Gasteiger partial charge in [-0.05, 0) is 55.6 Å². The molecule has 1 aromatic carbocycles. The number of amides is 3. The van der Waals surface area contributed by atoms with Gasteiger partial charge in [0.2, 0.25) is 17.7 Å². The number of carbonyl (C=O) groups is 4. The molecule has 3 amide bonds. The number of nitrogens with two attached hydrogens (primary N) is 1. The molecule has 2 atom stereocenters. The van der Waals surface area contributed by atoms with Crippen molar-refractivity contribution in [3.05, 3.63) is 59.9 Å². The maximum atomic E-state index is 13.5. The van der Waals surface area contributed by atoms with Crippen LogP contribution in [0.5, 0.6) is 0 Å². The number of para-hydroxylation sites is 1. The van der Waals surface area contributed by atoms with Gasteiger partial charge in [-0.1, -0.05) is 24.3 Å². The van der Waals surface area contributed by atoms with Gasteiger partial charge in [-0.25, -0.2) is 0 Å². The fraction of sp³-hybridized carbons (Fsp3) is 0.400. The lowest BCUT2D eigenvalue weighted by Gasteiger charge is -2.36. The smallest absolute Gasteiger partial charge is 0.290 e. The van der Waals surface area contributed by atoms with Crippen LogP contribution in [0, 0.1) is 5.92 Å². The second kappa shape index (κ2) is 10.2. The first kappa shape index (κ1) is 24.3. The van der Waals surface area contributed by atoms with Crippen LogP contribution >= 0.6 is 0 Å². The first-order chi connectivity index (χ1) is 16.9. The van der Waals surface area contributed by atoms with Crippen molar-refractivity contribution in [1.29, 1.82) is 0 Å². The molecule has 3 aliphatic heterocycles. The van der Waals surface area contributed by atoms with E-state index in [2.05, 4.69) is 15.2 Å². The number of fused-ring (bicyclic) bond motifs is 2. The zero-order chi connectivity index (χ0) is 25.0. The Labute approximate surface area is 203 Å². The van der Waals surface area contributed by atoms with Gasteiger partial charge in [0.1, 0.15) is 5.41 Å². The van der Waals surface area contributed by atoms with E-state index in [0.717, 1.165) is 16.8 Å². The van der Waals surface area contributed by atoms with E-state index in [4.69, 9.17) is 15.6 Å². The molecular formula is C25H29N5O5. The van der Waals surface area contributed by atoms with E-state index in [0.29, 0.717) is 38.9 Å². The number of anilines is 1. The molecule has 0 aliphatic carbocycles. The van der Waals surface area contributed by atoms with Gasteiger partial charge in [0.25, 0.3) is 6.47 Å². The fourth-order valence-electron chi connectivity index (χ4n) is 5.61. The monoisotopic (exact) mass is 479 g/mol. The number of primary amides is 1. The molecule has 4 heterocycles. The zero-order valence-electron chi connectivity index (χ0n) is 19.3. The molecule has 4 N–H and O–H groups in total. The fourth-order valence-corrected chi connectivity index (χ4v) is 5.61. The highest BCUT2D eigenvalue weighted by Gasteiger charge is 2.59. The van der Waals surface area contributed by atoms with E-state index >= 15 is 0 Å². The van der Waals surface area contributed by atoms with E-state index in [-0.39, 0.29) is 36.7 Å². The second-order valence-corrected chi connectivity index (χ2v) is 9.06.